The normalized spacial score (nSPS) is 11.5. The van der Waals surface area contributed by atoms with E-state index in [1.807, 2.05) is 30.3 Å². The number of carbonyl (C=O) groups excluding carboxylic acids is 1. The summed E-state index contributed by atoms with van der Waals surface area (Å²) in [6, 6.07) is 9.29. The van der Waals surface area contributed by atoms with E-state index in [2.05, 4.69) is 22.5 Å². The Balaban J connectivity index is 2.31. The molecule has 0 saturated heterocycles. The lowest BCUT2D eigenvalue weighted by Crippen LogP contribution is -2.17. The second kappa shape index (κ2) is 6.24. The lowest BCUT2D eigenvalue weighted by atomic mass is 10.3. The number of alkyl halides is 1. The van der Waals surface area contributed by atoms with Crippen LogP contribution >= 0.6 is 15.9 Å². The highest BCUT2D eigenvalue weighted by molar-refractivity contribution is 9.09. The van der Waals surface area contributed by atoms with Crippen molar-refractivity contribution in [2.75, 3.05) is 6.61 Å². The summed E-state index contributed by atoms with van der Waals surface area (Å²) in [5, 5.41) is -0.469. The predicted molar refractivity (Wildman–Crippen MR) is 60.9 cm³/mol. The number of rotatable bonds is 5. The van der Waals surface area contributed by atoms with Gasteiger partial charge in [-0.15, -0.1) is 0 Å². The molecule has 0 N–H and O–H groups in total. The van der Waals surface area contributed by atoms with Gasteiger partial charge in [0.15, 0.2) is 5.01 Å². The van der Waals surface area contributed by atoms with Crippen molar-refractivity contribution in [2.24, 2.45) is 0 Å². The van der Waals surface area contributed by atoms with Crippen LogP contribution in [0.1, 0.15) is 0 Å². The number of hydrogen-bond acceptors (Lipinski definition) is 3. The van der Waals surface area contributed by atoms with Crippen LogP contribution in [0, 0.1) is 0 Å². The first-order chi connectivity index (χ1) is 7.22. The van der Waals surface area contributed by atoms with Crippen LogP contribution in [0.5, 0.6) is 5.75 Å². The van der Waals surface area contributed by atoms with Crippen molar-refractivity contribution in [2.45, 2.75) is 5.01 Å². The van der Waals surface area contributed by atoms with Gasteiger partial charge in [0.1, 0.15) is 12.4 Å². The first kappa shape index (κ1) is 11.8. The molecule has 0 heterocycles. The van der Waals surface area contributed by atoms with E-state index >= 15 is 0 Å². The van der Waals surface area contributed by atoms with Crippen molar-refractivity contribution in [1.82, 2.24) is 0 Å². The molecule has 1 aromatic rings. The van der Waals surface area contributed by atoms with E-state index in [1.54, 1.807) is 0 Å². The summed E-state index contributed by atoms with van der Waals surface area (Å²) in [6.07, 6.45) is 1.11. The second-order valence-electron chi connectivity index (χ2n) is 2.68. The Morgan fingerprint density at radius 1 is 1.47 bits per heavy atom. The number of ether oxygens (including phenoxy) is 2. The van der Waals surface area contributed by atoms with Gasteiger partial charge >= 0.3 is 5.97 Å². The van der Waals surface area contributed by atoms with Gasteiger partial charge in [0.2, 0.25) is 0 Å². The molecular formula is C11H11BrO3. The number of benzene rings is 1. The summed E-state index contributed by atoms with van der Waals surface area (Å²) in [4.78, 5) is 10.8. The maximum Gasteiger partial charge on any atom is 0.331 e. The molecule has 0 spiro atoms. The number of halogens is 1. The number of hydrogen-bond donors (Lipinski definition) is 0. The fourth-order valence-corrected chi connectivity index (χ4v) is 1.20. The number of carbonyl (C=O) groups is 1. The molecule has 15 heavy (non-hydrogen) atoms. The lowest BCUT2D eigenvalue weighted by molar-refractivity contribution is -0.139. The Bertz CT molecular complexity index is 324. The van der Waals surface area contributed by atoms with Crippen LogP contribution in [0.4, 0.5) is 0 Å². The zero-order chi connectivity index (χ0) is 11.1. The summed E-state index contributed by atoms with van der Waals surface area (Å²) in [6.45, 7) is 3.55. The van der Waals surface area contributed by atoms with Crippen molar-refractivity contribution in [3.8, 4) is 5.75 Å². The fraction of sp³-hybridized carbons (Fsp3) is 0.182. The van der Waals surface area contributed by atoms with E-state index in [-0.39, 0.29) is 6.61 Å². The van der Waals surface area contributed by atoms with Crippen molar-refractivity contribution < 1.29 is 14.3 Å². The van der Waals surface area contributed by atoms with Crippen LogP contribution in [-0.4, -0.2) is 17.6 Å². The predicted octanol–water partition coefficient (Wildman–Crippen LogP) is 2.52. The molecule has 0 amide bonds. The zero-order valence-corrected chi connectivity index (χ0v) is 9.64. The molecule has 80 valence electrons. The first-order valence-corrected chi connectivity index (χ1v) is 5.29. The van der Waals surface area contributed by atoms with Gasteiger partial charge in [0.05, 0.1) is 0 Å². The molecule has 1 atom stereocenters. The van der Waals surface area contributed by atoms with Crippen LogP contribution < -0.4 is 4.74 Å². The molecule has 0 aliphatic rings. The molecule has 0 bridgehead atoms. The summed E-state index contributed by atoms with van der Waals surface area (Å²) in [5.41, 5.74) is 0. The minimum absolute atomic E-state index is 0.254. The molecule has 0 aliphatic carbocycles. The molecule has 1 unspecified atom stereocenters. The largest absolute Gasteiger partial charge is 0.489 e. The highest BCUT2D eigenvalue weighted by atomic mass is 79.9. The second-order valence-corrected chi connectivity index (χ2v) is 3.70. The third-order valence-electron chi connectivity index (χ3n) is 1.53. The number of esters is 1. The van der Waals surface area contributed by atoms with Gasteiger partial charge in [-0.05, 0) is 28.1 Å². The Hall–Kier alpha value is -1.29. The Kier molecular flexibility index (Phi) is 4.90. The fourth-order valence-electron chi connectivity index (χ4n) is 0.887. The minimum Gasteiger partial charge on any atom is -0.489 e. The lowest BCUT2D eigenvalue weighted by Gasteiger charge is -2.11. The number of para-hydroxylation sites is 1. The van der Waals surface area contributed by atoms with Gasteiger partial charge in [0.25, 0.3) is 0 Å². The Morgan fingerprint density at radius 3 is 2.73 bits per heavy atom. The van der Waals surface area contributed by atoms with E-state index in [0.29, 0.717) is 0 Å². The third kappa shape index (κ3) is 4.65. The molecule has 0 aromatic heterocycles. The highest BCUT2D eigenvalue weighted by Gasteiger charge is 2.08. The van der Waals surface area contributed by atoms with E-state index in [1.165, 1.54) is 0 Å². The van der Waals surface area contributed by atoms with Gasteiger partial charge in [0, 0.05) is 6.08 Å². The topological polar surface area (TPSA) is 35.5 Å². The monoisotopic (exact) mass is 270 g/mol. The Labute approximate surface area is 96.8 Å². The van der Waals surface area contributed by atoms with E-state index < -0.39 is 11.0 Å². The van der Waals surface area contributed by atoms with Crippen LogP contribution in [-0.2, 0) is 9.53 Å². The first-order valence-electron chi connectivity index (χ1n) is 4.37. The average molecular weight is 271 g/mol. The molecule has 1 rings (SSSR count). The van der Waals surface area contributed by atoms with Gasteiger partial charge in [-0.25, -0.2) is 4.79 Å². The van der Waals surface area contributed by atoms with Crippen molar-refractivity contribution in [3.63, 3.8) is 0 Å². The molecule has 1 aromatic carbocycles. The van der Waals surface area contributed by atoms with Crippen LogP contribution in [0.15, 0.2) is 43.0 Å². The summed E-state index contributed by atoms with van der Waals surface area (Å²) < 4.78 is 10.2. The quantitative estimate of drug-likeness (QED) is 0.469. The van der Waals surface area contributed by atoms with Gasteiger partial charge in [-0.3, -0.25) is 0 Å². The molecule has 0 aliphatic heterocycles. The van der Waals surface area contributed by atoms with Gasteiger partial charge in [-0.2, -0.15) is 0 Å². The smallest absolute Gasteiger partial charge is 0.331 e. The summed E-state index contributed by atoms with van der Waals surface area (Å²) in [5.74, 6) is 0.255. The van der Waals surface area contributed by atoms with E-state index in [4.69, 9.17) is 9.47 Å². The molecule has 0 saturated carbocycles. The van der Waals surface area contributed by atoms with Crippen molar-refractivity contribution in [1.29, 1.82) is 0 Å². The van der Waals surface area contributed by atoms with E-state index in [9.17, 15) is 4.79 Å². The SMILES string of the molecule is C=CC(=O)OC(Br)COc1ccccc1. The van der Waals surface area contributed by atoms with Crippen LogP contribution in [0.25, 0.3) is 0 Å². The Morgan fingerprint density at radius 2 is 2.13 bits per heavy atom. The minimum atomic E-state index is -0.478. The maximum atomic E-state index is 10.8. The molecule has 0 fully saturated rings. The molecule has 0 radical (unpaired) electrons. The average Bonchev–Trinajstić information content (AvgIpc) is 2.27. The summed E-state index contributed by atoms with van der Waals surface area (Å²) in [7, 11) is 0. The zero-order valence-electron chi connectivity index (χ0n) is 8.06. The maximum absolute atomic E-state index is 10.8. The molecule has 4 heteroatoms. The highest BCUT2D eigenvalue weighted by Crippen LogP contribution is 2.11. The molecular weight excluding hydrogens is 260 g/mol. The van der Waals surface area contributed by atoms with Crippen molar-refractivity contribution >= 4 is 21.9 Å². The summed E-state index contributed by atoms with van der Waals surface area (Å²) >= 11 is 3.16. The van der Waals surface area contributed by atoms with Gasteiger partial charge < -0.3 is 9.47 Å². The van der Waals surface area contributed by atoms with Crippen molar-refractivity contribution in [3.05, 3.63) is 43.0 Å². The third-order valence-corrected chi connectivity index (χ3v) is 1.99. The van der Waals surface area contributed by atoms with Crippen LogP contribution in [0.2, 0.25) is 0 Å². The standard InChI is InChI=1S/C11H11BrO3/c1-2-11(13)15-10(12)8-14-9-6-4-3-5-7-9/h2-7,10H,1,8H2. The van der Waals surface area contributed by atoms with Crippen LogP contribution in [0.3, 0.4) is 0 Å². The van der Waals surface area contributed by atoms with E-state index in [0.717, 1.165) is 11.8 Å². The molecule has 3 nitrogen and oxygen atoms in total. The van der Waals surface area contributed by atoms with Gasteiger partial charge in [-0.1, -0.05) is 24.8 Å².